The lowest BCUT2D eigenvalue weighted by Crippen LogP contribution is -2.55. The van der Waals surface area contributed by atoms with Crippen molar-refractivity contribution in [1.82, 2.24) is 10.2 Å². The number of carbonyl (C=O) groups excluding carboxylic acids is 1. The van der Waals surface area contributed by atoms with Gasteiger partial charge in [-0.2, -0.15) is 0 Å². The molecule has 0 saturated carbocycles. The van der Waals surface area contributed by atoms with Crippen LogP contribution in [0.25, 0.3) is 0 Å². The van der Waals surface area contributed by atoms with Crippen molar-refractivity contribution in [2.24, 2.45) is 5.73 Å². The van der Waals surface area contributed by atoms with E-state index >= 15 is 0 Å². The summed E-state index contributed by atoms with van der Waals surface area (Å²) in [6, 6.07) is 1.51. The first-order valence-electron chi connectivity index (χ1n) is 9.31. The fourth-order valence-corrected chi connectivity index (χ4v) is 4.14. The second-order valence-electron chi connectivity index (χ2n) is 7.90. The number of anilines is 1. The molecule has 0 unspecified atom stereocenters. The molecule has 29 heavy (non-hydrogen) atoms. The number of rotatable bonds is 5. The molecule has 1 fully saturated rings. The Morgan fingerprint density at radius 1 is 1.45 bits per heavy atom. The standard InChI is InChI=1S/C19H29ClN4O3.2ClH/c1-19(2)9-12-16(22)13(20)8-11(17(12)27-19)18(25)23-14-4-6-24(7-5-21)10-15(14)26-3;;/h8,14-15H,4-7,9-10,21-22H2,1-3H3,(H,23,25);2*1H/t14-,15+;;/m1../s1. The third kappa shape index (κ3) is 5.60. The number of fused-ring (bicyclic) bond motifs is 1. The van der Waals surface area contributed by atoms with E-state index in [1.165, 1.54) is 0 Å². The molecule has 1 amide bonds. The number of benzene rings is 1. The molecule has 2 aliphatic heterocycles. The highest BCUT2D eigenvalue weighted by Gasteiger charge is 2.37. The molecule has 7 nitrogen and oxygen atoms in total. The lowest BCUT2D eigenvalue weighted by molar-refractivity contribution is 0.00731. The molecule has 2 heterocycles. The SMILES string of the molecule is CO[C@H]1CN(CCN)CC[C@H]1NC(=O)c1cc(Cl)c(N)c2c1OC(C)(C)C2.Cl.Cl. The molecule has 0 bridgehead atoms. The quantitative estimate of drug-likeness (QED) is 0.572. The lowest BCUT2D eigenvalue weighted by atomic mass is 9.97. The summed E-state index contributed by atoms with van der Waals surface area (Å²) in [6.45, 7) is 6.97. The Hall–Kier alpha value is -0.960. The van der Waals surface area contributed by atoms with Crippen LogP contribution in [0.3, 0.4) is 0 Å². The third-order valence-corrected chi connectivity index (χ3v) is 5.62. The predicted octanol–water partition coefficient (Wildman–Crippen LogP) is 2.26. The van der Waals surface area contributed by atoms with Gasteiger partial charge < -0.3 is 26.3 Å². The van der Waals surface area contributed by atoms with Gasteiger partial charge in [0.05, 0.1) is 28.4 Å². The summed E-state index contributed by atoms with van der Waals surface area (Å²) in [5.74, 6) is 0.319. The number of hydrogen-bond acceptors (Lipinski definition) is 6. The van der Waals surface area contributed by atoms with Crippen molar-refractivity contribution >= 4 is 48.0 Å². The van der Waals surface area contributed by atoms with E-state index in [4.69, 9.17) is 32.5 Å². The van der Waals surface area contributed by atoms with E-state index in [0.717, 1.165) is 31.6 Å². The minimum absolute atomic E-state index is 0. The molecule has 2 aliphatic rings. The highest BCUT2D eigenvalue weighted by molar-refractivity contribution is 6.33. The summed E-state index contributed by atoms with van der Waals surface area (Å²) >= 11 is 6.28. The van der Waals surface area contributed by atoms with E-state index in [-0.39, 0.29) is 42.9 Å². The average molecular weight is 470 g/mol. The van der Waals surface area contributed by atoms with Gasteiger partial charge >= 0.3 is 0 Å². The second kappa shape index (κ2) is 10.4. The monoisotopic (exact) mass is 468 g/mol. The maximum Gasteiger partial charge on any atom is 0.255 e. The van der Waals surface area contributed by atoms with E-state index < -0.39 is 5.60 Å². The molecule has 0 spiro atoms. The van der Waals surface area contributed by atoms with Crippen LogP contribution in [-0.4, -0.2) is 61.8 Å². The third-order valence-electron chi connectivity index (χ3n) is 5.31. The number of nitrogens with one attached hydrogen (secondary N) is 1. The molecule has 1 aromatic carbocycles. The van der Waals surface area contributed by atoms with Crippen molar-refractivity contribution in [3.05, 3.63) is 22.2 Å². The fourth-order valence-electron chi connectivity index (χ4n) is 3.91. The number of nitrogens with zero attached hydrogens (tertiary/aromatic N) is 1. The molecule has 2 atom stereocenters. The fraction of sp³-hybridized carbons (Fsp3) is 0.632. The first-order chi connectivity index (χ1) is 12.8. The molecule has 3 rings (SSSR count). The summed E-state index contributed by atoms with van der Waals surface area (Å²) < 4.78 is 11.6. The summed E-state index contributed by atoms with van der Waals surface area (Å²) in [5, 5.41) is 3.48. The number of nitrogen functional groups attached to an aromatic ring is 1. The Morgan fingerprint density at radius 2 is 2.14 bits per heavy atom. The van der Waals surface area contributed by atoms with Crippen LogP contribution in [0, 0.1) is 0 Å². The van der Waals surface area contributed by atoms with Crippen LogP contribution >= 0.6 is 36.4 Å². The average Bonchev–Trinajstić information content (AvgIpc) is 2.95. The zero-order valence-electron chi connectivity index (χ0n) is 17.0. The molecular weight excluding hydrogens is 439 g/mol. The zero-order chi connectivity index (χ0) is 19.8. The smallest absolute Gasteiger partial charge is 0.255 e. The summed E-state index contributed by atoms with van der Waals surface area (Å²) in [7, 11) is 1.67. The largest absolute Gasteiger partial charge is 0.486 e. The van der Waals surface area contributed by atoms with Gasteiger partial charge in [-0.15, -0.1) is 24.8 Å². The first kappa shape index (κ1) is 26.1. The highest BCUT2D eigenvalue weighted by atomic mass is 35.5. The van der Waals surface area contributed by atoms with Gasteiger partial charge in [-0.1, -0.05) is 11.6 Å². The second-order valence-corrected chi connectivity index (χ2v) is 8.31. The van der Waals surface area contributed by atoms with Gasteiger partial charge in [0.15, 0.2) is 0 Å². The molecule has 0 aliphatic carbocycles. The molecular formula is C19H31Cl3N4O3. The van der Waals surface area contributed by atoms with Crippen LogP contribution < -0.4 is 21.5 Å². The lowest BCUT2D eigenvalue weighted by Gasteiger charge is -2.38. The van der Waals surface area contributed by atoms with Gasteiger partial charge in [0.1, 0.15) is 11.4 Å². The minimum Gasteiger partial charge on any atom is -0.486 e. The molecule has 1 aromatic rings. The molecule has 5 N–H and O–H groups in total. The van der Waals surface area contributed by atoms with Crippen LogP contribution in [0.2, 0.25) is 5.02 Å². The van der Waals surface area contributed by atoms with Gasteiger partial charge in [-0.3, -0.25) is 9.69 Å². The Labute approximate surface area is 189 Å². The Bertz CT molecular complexity index is 733. The van der Waals surface area contributed by atoms with Crippen LogP contribution in [0.1, 0.15) is 36.2 Å². The number of hydrogen-bond donors (Lipinski definition) is 3. The number of ether oxygens (including phenoxy) is 2. The number of methoxy groups -OCH3 is 1. The van der Waals surface area contributed by atoms with Gasteiger partial charge in [0.25, 0.3) is 5.91 Å². The Kier molecular flexibility index (Phi) is 9.33. The predicted molar refractivity (Wildman–Crippen MR) is 121 cm³/mol. The van der Waals surface area contributed by atoms with Gasteiger partial charge in [-0.25, -0.2) is 0 Å². The van der Waals surface area contributed by atoms with E-state index in [1.54, 1.807) is 13.2 Å². The number of likely N-dealkylation sites (tertiary alicyclic amines) is 1. The summed E-state index contributed by atoms with van der Waals surface area (Å²) in [4.78, 5) is 15.3. The molecule has 166 valence electrons. The minimum atomic E-state index is -0.418. The van der Waals surface area contributed by atoms with Crippen molar-refractivity contribution < 1.29 is 14.3 Å². The van der Waals surface area contributed by atoms with Crippen LogP contribution in [-0.2, 0) is 11.2 Å². The van der Waals surface area contributed by atoms with E-state index in [0.29, 0.717) is 35.0 Å². The number of halogens is 3. The van der Waals surface area contributed by atoms with Gasteiger partial charge in [0.2, 0.25) is 0 Å². The molecule has 1 saturated heterocycles. The summed E-state index contributed by atoms with van der Waals surface area (Å²) in [5.41, 5.74) is 13.1. The normalized spacial score (nSPS) is 22.7. The van der Waals surface area contributed by atoms with Crippen molar-refractivity contribution in [3.8, 4) is 5.75 Å². The Balaban J connectivity index is 0.00000210. The number of piperidine rings is 1. The van der Waals surface area contributed by atoms with E-state index in [2.05, 4.69) is 10.2 Å². The van der Waals surface area contributed by atoms with Gasteiger partial charge in [-0.05, 0) is 26.3 Å². The zero-order valence-corrected chi connectivity index (χ0v) is 19.4. The molecule has 0 aromatic heterocycles. The van der Waals surface area contributed by atoms with Crippen molar-refractivity contribution in [2.75, 3.05) is 39.0 Å². The van der Waals surface area contributed by atoms with Crippen molar-refractivity contribution in [2.45, 2.75) is 44.4 Å². The number of amides is 1. The van der Waals surface area contributed by atoms with E-state index in [9.17, 15) is 4.79 Å². The highest BCUT2D eigenvalue weighted by Crippen LogP contribution is 2.44. The maximum atomic E-state index is 13.0. The number of nitrogens with two attached hydrogens (primary N) is 2. The van der Waals surface area contributed by atoms with Crippen LogP contribution in [0.5, 0.6) is 5.75 Å². The molecule has 0 radical (unpaired) electrons. The maximum absolute atomic E-state index is 13.0. The van der Waals surface area contributed by atoms with Crippen LogP contribution in [0.4, 0.5) is 5.69 Å². The van der Waals surface area contributed by atoms with Crippen LogP contribution in [0.15, 0.2) is 6.07 Å². The number of carbonyl (C=O) groups is 1. The van der Waals surface area contributed by atoms with Crippen molar-refractivity contribution in [1.29, 1.82) is 0 Å². The molecule has 10 heteroatoms. The first-order valence-corrected chi connectivity index (χ1v) is 9.69. The Morgan fingerprint density at radius 3 is 2.76 bits per heavy atom. The van der Waals surface area contributed by atoms with E-state index in [1.807, 2.05) is 13.8 Å². The summed E-state index contributed by atoms with van der Waals surface area (Å²) in [6.07, 6.45) is 1.32. The topological polar surface area (TPSA) is 103 Å². The van der Waals surface area contributed by atoms with Crippen molar-refractivity contribution in [3.63, 3.8) is 0 Å². The van der Waals surface area contributed by atoms with Gasteiger partial charge in [0, 0.05) is 45.3 Å².